The van der Waals surface area contributed by atoms with E-state index in [0.717, 1.165) is 52.2 Å². The molecular formula is C48H52ClF3N4O7S3. The van der Waals surface area contributed by atoms with Crippen LogP contribution in [0.25, 0.3) is 11.1 Å². The molecule has 2 aliphatic heterocycles. The van der Waals surface area contributed by atoms with E-state index in [-0.39, 0.29) is 18.1 Å². The first-order valence-corrected chi connectivity index (χ1v) is 25.9. The second-order valence-electron chi connectivity index (χ2n) is 16.9. The van der Waals surface area contributed by atoms with Gasteiger partial charge in [0.2, 0.25) is 0 Å². The Bertz CT molecular complexity index is 2690. The van der Waals surface area contributed by atoms with E-state index in [2.05, 4.69) is 15.1 Å². The number of nitrogens with zero attached hydrogens (tertiary/aromatic N) is 2. The highest BCUT2D eigenvalue weighted by Gasteiger charge is 2.49. The van der Waals surface area contributed by atoms with Crippen LogP contribution in [0.3, 0.4) is 0 Å². The first kappa shape index (κ1) is 49.3. The van der Waals surface area contributed by atoms with Crippen LogP contribution in [0, 0.1) is 5.92 Å². The summed E-state index contributed by atoms with van der Waals surface area (Å²) in [5.74, 6) is -0.777. The molecule has 2 saturated heterocycles. The molecule has 0 saturated carbocycles. The highest BCUT2D eigenvalue weighted by atomic mass is 35.5. The van der Waals surface area contributed by atoms with Crippen LogP contribution < -0.4 is 14.9 Å². The average Bonchev–Trinajstić information content (AvgIpc) is 3.66. The molecule has 4 N–H and O–H groups in total. The van der Waals surface area contributed by atoms with Crippen molar-refractivity contribution in [3.63, 3.8) is 0 Å². The average molecular weight is 986 g/mol. The van der Waals surface area contributed by atoms with E-state index in [1.54, 1.807) is 12.1 Å². The summed E-state index contributed by atoms with van der Waals surface area (Å²) in [7, 11) is -11.0. The van der Waals surface area contributed by atoms with E-state index in [9.17, 15) is 45.0 Å². The van der Waals surface area contributed by atoms with Gasteiger partial charge in [-0.3, -0.25) is 9.69 Å². The number of piperidine rings is 1. The van der Waals surface area contributed by atoms with Crippen LogP contribution in [0.1, 0.15) is 61.1 Å². The number of carbonyl (C=O) groups excluding carboxylic acids is 1. The van der Waals surface area contributed by atoms with Gasteiger partial charge < -0.3 is 20.4 Å². The molecule has 352 valence electrons. The van der Waals surface area contributed by atoms with Crippen molar-refractivity contribution in [3.8, 4) is 11.1 Å². The van der Waals surface area contributed by atoms with Gasteiger partial charge in [-0.1, -0.05) is 66.2 Å². The summed E-state index contributed by atoms with van der Waals surface area (Å²) in [6.07, 6.45) is 2.58. The normalized spacial score (nSPS) is 18.5. The quantitative estimate of drug-likeness (QED) is 0.0659. The molecule has 1 amide bonds. The summed E-state index contributed by atoms with van der Waals surface area (Å²) < 4.78 is 98.3. The van der Waals surface area contributed by atoms with Gasteiger partial charge in [0.05, 0.1) is 23.3 Å². The number of sulfonamides is 1. The minimum Gasteiger partial charge on any atom is -0.395 e. The zero-order chi connectivity index (χ0) is 47.3. The third-order valence-corrected chi connectivity index (χ3v) is 16.8. The lowest BCUT2D eigenvalue weighted by Crippen LogP contribution is -2.46. The van der Waals surface area contributed by atoms with Gasteiger partial charge in [-0.15, -0.1) is 11.8 Å². The number of alkyl halides is 3. The highest BCUT2D eigenvalue weighted by Crippen LogP contribution is 2.40. The van der Waals surface area contributed by atoms with E-state index in [4.69, 9.17) is 11.6 Å². The molecule has 2 aliphatic rings. The molecule has 7 rings (SSSR count). The van der Waals surface area contributed by atoms with Crippen molar-refractivity contribution in [3.05, 3.63) is 137 Å². The van der Waals surface area contributed by atoms with Crippen molar-refractivity contribution in [2.24, 2.45) is 5.92 Å². The predicted octanol–water partition coefficient (Wildman–Crippen LogP) is 9.18. The minimum atomic E-state index is -6.11. The fourth-order valence-electron chi connectivity index (χ4n) is 9.00. The Morgan fingerprint density at radius 1 is 0.894 bits per heavy atom. The number of aliphatic hydroxyl groups is 2. The Balaban J connectivity index is 1.05. The van der Waals surface area contributed by atoms with Gasteiger partial charge >= 0.3 is 5.51 Å². The zero-order valence-corrected chi connectivity index (χ0v) is 39.3. The molecule has 2 heterocycles. The fourth-order valence-corrected chi connectivity index (χ4v) is 12.1. The van der Waals surface area contributed by atoms with E-state index in [1.807, 2.05) is 90.5 Å². The second-order valence-corrected chi connectivity index (χ2v) is 22.1. The summed E-state index contributed by atoms with van der Waals surface area (Å²) in [5.41, 5.74) is -3.28. The molecule has 0 aromatic heterocycles. The molecule has 0 radical (unpaired) electrons. The third-order valence-electron chi connectivity index (χ3n) is 12.5. The van der Waals surface area contributed by atoms with Crippen molar-refractivity contribution in [2.75, 3.05) is 48.8 Å². The van der Waals surface area contributed by atoms with Gasteiger partial charge in [0.25, 0.3) is 25.8 Å². The summed E-state index contributed by atoms with van der Waals surface area (Å²) in [5, 5.41) is 24.9. The first-order valence-electron chi connectivity index (χ1n) is 21.6. The minimum absolute atomic E-state index is 0.0229. The molecule has 0 aliphatic carbocycles. The van der Waals surface area contributed by atoms with Crippen LogP contribution in [-0.4, -0.2) is 93.5 Å². The van der Waals surface area contributed by atoms with Crippen LogP contribution in [0.15, 0.2) is 136 Å². The van der Waals surface area contributed by atoms with Crippen molar-refractivity contribution < 1.29 is 45.0 Å². The Hall–Kier alpha value is -4.62. The van der Waals surface area contributed by atoms with E-state index in [1.165, 1.54) is 23.9 Å². The largest absolute Gasteiger partial charge is 0.501 e. The summed E-state index contributed by atoms with van der Waals surface area (Å²) >= 11 is 7.53. The predicted molar refractivity (Wildman–Crippen MR) is 253 cm³/mol. The van der Waals surface area contributed by atoms with E-state index in [0.29, 0.717) is 62.3 Å². The number of hydrogen-bond acceptors (Lipinski definition) is 11. The molecule has 11 nitrogen and oxygen atoms in total. The van der Waals surface area contributed by atoms with Crippen molar-refractivity contribution in [2.45, 2.75) is 76.9 Å². The molecule has 5 aromatic carbocycles. The summed E-state index contributed by atoms with van der Waals surface area (Å²) in [6, 6.07) is 32.4. The van der Waals surface area contributed by atoms with Gasteiger partial charge in [0.1, 0.15) is 4.90 Å². The smallest absolute Gasteiger partial charge is 0.395 e. The number of hydrogen-bond donors (Lipinski definition) is 4. The molecule has 0 unspecified atom stereocenters. The highest BCUT2D eigenvalue weighted by molar-refractivity contribution is 7.99. The molecular weight excluding hydrogens is 933 g/mol. The lowest BCUT2D eigenvalue weighted by atomic mass is 9.84. The first-order chi connectivity index (χ1) is 31.4. The molecule has 66 heavy (non-hydrogen) atoms. The standard InChI is InChI=1S/C48H52ClF3N4O7S3/c1-47(24-7-25-56(47)28-29-57)31-37(32-64-39-8-3-2-4-9-39)53-43-21-20-40(30-44(43)65(60,61)48(50,51)52)66(62,63)54-46(59)35-14-18-38(19-15-35)55-26-22-34(23-27-55)45(58)42-11-6-5-10-41(42)33-12-16-36(49)17-13-33/h2-6,8-21,30,34,37,45,53,57-58H,7,22-29,31-32H2,1H3,(H,54,59)/t37-,45-,47+/m1/s1. The molecule has 18 heteroatoms. The summed E-state index contributed by atoms with van der Waals surface area (Å²) in [6.45, 7) is 4.21. The maximum absolute atomic E-state index is 14.3. The van der Waals surface area contributed by atoms with Gasteiger partial charge in [-0.25, -0.2) is 21.6 Å². The number of carbonyl (C=O) groups is 1. The van der Waals surface area contributed by atoms with Crippen LogP contribution in [0.5, 0.6) is 0 Å². The number of thioether (sulfide) groups is 1. The van der Waals surface area contributed by atoms with Crippen LogP contribution in [0.4, 0.5) is 24.5 Å². The van der Waals surface area contributed by atoms with E-state index < -0.39 is 64.4 Å². The van der Waals surface area contributed by atoms with Crippen LogP contribution in [0.2, 0.25) is 5.02 Å². The summed E-state index contributed by atoms with van der Waals surface area (Å²) in [4.78, 5) is 16.3. The zero-order valence-electron chi connectivity index (χ0n) is 36.1. The second kappa shape index (κ2) is 20.7. The number of benzene rings is 5. The maximum Gasteiger partial charge on any atom is 0.501 e. The molecule has 2 fully saturated rings. The van der Waals surface area contributed by atoms with Gasteiger partial charge in [0, 0.05) is 58.1 Å². The number of β-amino-alcohol motifs (C(OH)–C–C–N with tert-alkyl or cyclic N) is 1. The lowest BCUT2D eigenvalue weighted by Gasteiger charge is -2.38. The number of aliphatic hydroxyl groups excluding tert-OH is 2. The molecule has 0 spiro atoms. The Morgan fingerprint density at radius 2 is 1.56 bits per heavy atom. The maximum atomic E-state index is 14.3. The van der Waals surface area contributed by atoms with E-state index >= 15 is 0 Å². The van der Waals surface area contributed by atoms with Crippen molar-refractivity contribution in [1.82, 2.24) is 9.62 Å². The van der Waals surface area contributed by atoms with Crippen molar-refractivity contribution >= 4 is 60.5 Å². The fraction of sp³-hybridized carbons (Fsp3) is 0.354. The number of sulfone groups is 1. The molecule has 5 aromatic rings. The lowest BCUT2D eigenvalue weighted by molar-refractivity contribution is -0.0436. The van der Waals surface area contributed by atoms with Gasteiger partial charge in [-0.05, 0) is 135 Å². The Morgan fingerprint density at radius 3 is 2.23 bits per heavy atom. The van der Waals surface area contributed by atoms with Crippen molar-refractivity contribution in [1.29, 1.82) is 0 Å². The number of likely N-dealkylation sites (tertiary alicyclic amines) is 1. The van der Waals surface area contributed by atoms with Crippen LogP contribution >= 0.6 is 23.4 Å². The topological polar surface area (TPSA) is 156 Å². The number of amides is 1. The SMILES string of the molecule is C[C@@]1(C[C@H](CSc2ccccc2)Nc2ccc(S(=O)(=O)NC(=O)c3ccc(N4CCC([C@@H](O)c5ccccc5-c5ccc(Cl)cc5)CC4)cc3)cc2S(=O)(=O)C(F)(F)F)CCCN1CCO. The third kappa shape index (κ3) is 11.4. The van der Waals surface area contributed by atoms with Gasteiger partial charge in [-0.2, -0.15) is 13.2 Å². The van der Waals surface area contributed by atoms with Crippen LogP contribution in [-0.2, 0) is 19.9 Å². The number of nitrogens with one attached hydrogen (secondary N) is 2. The number of halogens is 4. The van der Waals surface area contributed by atoms with Gasteiger partial charge in [0.15, 0.2) is 0 Å². The number of anilines is 2. The number of rotatable bonds is 17. The molecule has 3 atom stereocenters. The monoisotopic (exact) mass is 984 g/mol. The Kier molecular flexibility index (Phi) is 15.5. The molecule has 0 bridgehead atoms. The Labute approximate surface area is 393 Å².